The molecule has 35 heavy (non-hydrogen) atoms. The number of hydrogen-bond donors (Lipinski definition) is 0. The quantitative estimate of drug-likeness (QED) is 0.438. The van der Waals surface area contributed by atoms with Crippen molar-refractivity contribution in [2.75, 3.05) is 26.3 Å². The monoisotopic (exact) mass is 473 g/mol. The van der Waals surface area contributed by atoms with Crippen molar-refractivity contribution in [2.45, 2.75) is 37.7 Å². The van der Waals surface area contributed by atoms with Gasteiger partial charge in [-0.3, -0.25) is 4.79 Å². The van der Waals surface area contributed by atoms with E-state index in [2.05, 4.69) is 12.1 Å². The van der Waals surface area contributed by atoms with E-state index in [1.807, 2.05) is 12.1 Å². The van der Waals surface area contributed by atoms with E-state index in [-0.39, 0.29) is 17.8 Å². The second-order valence-electron chi connectivity index (χ2n) is 9.46. The van der Waals surface area contributed by atoms with Gasteiger partial charge >= 0.3 is 0 Å². The third kappa shape index (κ3) is 4.63. The summed E-state index contributed by atoms with van der Waals surface area (Å²) < 4.78 is 32.5. The molecule has 0 aromatic heterocycles. The predicted molar refractivity (Wildman–Crippen MR) is 130 cm³/mol. The third-order valence-electron chi connectivity index (χ3n) is 7.07. The van der Waals surface area contributed by atoms with Crippen molar-refractivity contribution in [1.82, 2.24) is 4.90 Å². The lowest BCUT2D eigenvalue weighted by Gasteiger charge is -2.26. The molecule has 3 aromatic rings. The highest BCUT2D eigenvalue weighted by Gasteiger charge is 2.31. The normalized spacial score (nSPS) is 19.3. The molecular formula is C29H28FNO4. The summed E-state index contributed by atoms with van der Waals surface area (Å²) >= 11 is 0. The number of amides is 1. The molecule has 0 radical (unpaired) electrons. The summed E-state index contributed by atoms with van der Waals surface area (Å²) in [5.74, 6) is 2.42. The number of fused-ring (bicyclic) bond motifs is 1. The number of nitrogens with zero attached hydrogens (tertiary/aromatic N) is 1. The van der Waals surface area contributed by atoms with Gasteiger partial charge in [-0.05, 0) is 85.7 Å². The summed E-state index contributed by atoms with van der Waals surface area (Å²) in [6.45, 7) is 2.34. The molecule has 1 saturated carbocycles. The average Bonchev–Trinajstić information content (AvgIpc) is 3.67. The fourth-order valence-electron chi connectivity index (χ4n) is 5.00. The van der Waals surface area contributed by atoms with E-state index in [9.17, 15) is 9.18 Å². The summed E-state index contributed by atoms with van der Waals surface area (Å²) in [6, 6.07) is 18.5. The number of morpholine rings is 1. The largest absolute Gasteiger partial charge is 0.486 e. The van der Waals surface area contributed by atoms with E-state index in [0.717, 1.165) is 11.3 Å². The van der Waals surface area contributed by atoms with Crippen LogP contribution in [0.5, 0.6) is 17.2 Å². The molecule has 6 rings (SSSR count). The zero-order valence-electron chi connectivity index (χ0n) is 19.5. The zero-order valence-corrected chi connectivity index (χ0v) is 19.5. The summed E-state index contributed by atoms with van der Waals surface area (Å²) in [5, 5.41) is 0. The summed E-state index contributed by atoms with van der Waals surface area (Å²) in [5.41, 5.74) is 3.39. The standard InChI is InChI=1S/C29H28FNO4/c30-25-12-14-26(34-22-9-5-21(6-10-22)29(32)31-15-17-33-18-16-31)24-11-13-27(28(24)25)35-23-7-3-20(4-8-23)19-1-2-19/h3-10,12,14,19,27H,1-2,11,13,15-18H2. The van der Waals surface area contributed by atoms with Crippen LogP contribution in [0, 0.1) is 5.82 Å². The molecule has 3 aromatic carbocycles. The zero-order chi connectivity index (χ0) is 23.8. The highest BCUT2D eigenvalue weighted by Crippen LogP contribution is 2.43. The van der Waals surface area contributed by atoms with Gasteiger partial charge in [0, 0.05) is 29.8 Å². The summed E-state index contributed by atoms with van der Waals surface area (Å²) in [4.78, 5) is 14.5. The van der Waals surface area contributed by atoms with Gasteiger partial charge in [0.2, 0.25) is 0 Å². The van der Waals surface area contributed by atoms with E-state index in [1.54, 1.807) is 35.2 Å². The molecule has 2 fully saturated rings. The van der Waals surface area contributed by atoms with Crippen LogP contribution in [-0.4, -0.2) is 37.1 Å². The van der Waals surface area contributed by atoms with Gasteiger partial charge in [-0.2, -0.15) is 0 Å². The molecule has 2 aliphatic carbocycles. The molecule has 3 aliphatic rings. The van der Waals surface area contributed by atoms with E-state index in [1.165, 1.54) is 24.5 Å². The van der Waals surface area contributed by atoms with Crippen LogP contribution < -0.4 is 9.47 Å². The molecule has 0 spiro atoms. The minimum Gasteiger partial charge on any atom is -0.486 e. The number of carbonyl (C=O) groups is 1. The maximum absolute atomic E-state index is 14.9. The number of benzene rings is 3. The van der Waals surface area contributed by atoms with E-state index in [4.69, 9.17) is 14.2 Å². The Morgan fingerprint density at radius 1 is 0.886 bits per heavy atom. The number of ether oxygens (including phenoxy) is 3. The first-order valence-electron chi connectivity index (χ1n) is 12.4. The van der Waals surface area contributed by atoms with Crippen molar-refractivity contribution in [1.29, 1.82) is 0 Å². The molecule has 1 unspecified atom stereocenters. The van der Waals surface area contributed by atoms with Crippen LogP contribution in [0.15, 0.2) is 60.7 Å². The van der Waals surface area contributed by atoms with Crippen molar-refractivity contribution in [3.05, 3.63) is 88.7 Å². The van der Waals surface area contributed by atoms with Gasteiger partial charge in [-0.25, -0.2) is 4.39 Å². The van der Waals surface area contributed by atoms with Gasteiger partial charge in [0.25, 0.3) is 5.91 Å². The Morgan fingerprint density at radius 2 is 1.60 bits per heavy atom. The van der Waals surface area contributed by atoms with Crippen LogP contribution in [0.2, 0.25) is 0 Å². The van der Waals surface area contributed by atoms with Crippen LogP contribution in [0.4, 0.5) is 4.39 Å². The van der Waals surface area contributed by atoms with Crippen LogP contribution in [-0.2, 0) is 11.2 Å². The SMILES string of the molecule is O=C(c1ccc(Oc2ccc(F)c3c2CCC3Oc2ccc(C3CC3)cc2)cc1)N1CCOCC1. The molecular weight excluding hydrogens is 445 g/mol. The predicted octanol–water partition coefficient (Wildman–Crippen LogP) is 6.03. The topological polar surface area (TPSA) is 48.0 Å². The molecule has 0 N–H and O–H groups in total. The molecule has 1 aliphatic heterocycles. The molecule has 0 bridgehead atoms. The minimum absolute atomic E-state index is 0.00678. The Kier molecular flexibility index (Phi) is 5.90. The maximum Gasteiger partial charge on any atom is 0.254 e. The first-order chi connectivity index (χ1) is 17.2. The first kappa shape index (κ1) is 22.1. The molecule has 1 saturated heterocycles. The minimum atomic E-state index is -0.339. The molecule has 1 atom stereocenters. The Balaban J connectivity index is 1.16. The lowest BCUT2D eigenvalue weighted by Crippen LogP contribution is -2.40. The van der Waals surface area contributed by atoms with E-state index >= 15 is 0 Å². The second kappa shape index (κ2) is 9.34. The summed E-state index contributed by atoms with van der Waals surface area (Å²) in [6.07, 6.45) is 3.56. The van der Waals surface area contributed by atoms with Gasteiger partial charge < -0.3 is 19.1 Å². The van der Waals surface area contributed by atoms with Crippen molar-refractivity contribution in [3.63, 3.8) is 0 Å². The fourth-order valence-corrected chi connectivity index (χ4v) is 5.00. The molecule has 1 heterocycles. The van der Waals surface area contributed by atoms with Gasteiger partial charge in [0.15, 0.2) is 0 Å². The van der Waals surface area contributed by atoms with Crippen molar-refractivity contribution < 1.29 is 23.4 Å². The molecule has 6 heteroatoms. The van der Waals surface area contributed by atoms with Crippen LogP contribution in [0.25, 0.3) is 0 Å². The van der Waals surface area contributed by atoms with Crippen LogP contribution in [0.3, 0.4) is 0 Å². The van der Waals surface area contributed by atoms with Gasteiger partial charge in [-0.1, -0.05) is 12.1 Å². The van der Waals surface area contributed by atoms with Crippen LogP contribution in [0.1, 0.15) is 58.3 Å². The van der Waals surface area contributed by atoms with Crippen molar-refractivity contribution >= 4 is 5.91 Å². The van der Waals surface area contributed by atoms with Gasteiger partial charge in [0.1, 0.15) is 29.2 Å². The Bertz CT molecular complexity index is 1210. The molecule has 5 nitrogen and oxygen atoms in total. The van der Waals surface area contributed by atoms with Gasteiger partial charge in [-0.15, -0.1) is 0 Å². The lowest BCUT2D eigenvalue weighted by atomic mass is 10.1. The fraction of sp³-hybridized carbons (Fsp3) is 0.345. The smallest absolute Gasteiger partial charge is 0.254 e. The second-order valence-corrected chi connectivity index (χ2v) is 9.46. The molecule has 180 valence electrons. The number of rotatable bonds is 6. The highest BCUT2D eigenvalue weighted by molar-refractivity contribution is 5.94. The maximum atomic E-state index is 14.9. The lowest BCUT2D eigenvalue weighted by molar-refractivity contribution is 0.0303. The molecule has 1 amide bonds. The Morgan fingerprint density at radius 3 is 2.31 bits per heavy atom. The van der Waals surface area contributed by atoms with Crippen LogP contribution >= 0.6 is 0 Å². The highest BCUT2D eigenvalue weighted by atomic mass is 19.1. The van der Waals surface area contributed by atoms with E-state index in [0.29, 0.717) is 67.7 Å². The third-order valence-corrected chi connectivity index (χ3v) is 7.07. The summed E-state index contributed by atoms with van der Waals surface area (Å²) in [7, 11) is 0. The average molecular weight is 474 g/mol. The number of halogens is 1. The van der Waals surface area contributed by atoms with E-state index < -0.39 is 0 Å². The van der Waals surface area contributed by atoms with Gasteiger partial charge in [0.05, 0.1) is 13.2 Å². The number of carbonyl (C=O) groups excluding carboxylic acids is 1. The van der Waals surface area contributed by atoms with Crippen molar-refractivity contribution in [3.8, 4) is 17.2 Å². The Labute approximate surface area is 204 Å². The van der Waals surface area contributed by atoms with Crippen molar-refractivity contribution in [2.24, 2.45) is 0 Å². The number of hydrogen-bond acceptors (Lipinski definition) is 4. The first-order valence-corrected chi connectivity index (χ1v) is 12.4. The Hall–Kier alpha value is -3.38.